The average Bonchev–Trinajstić information content (AvgIpc) is 2.92. The lowest BCUT2D eigenvalue weighted by Gasteiger charge is -2.34. The van der Waals surface area contributed by atoms with Crippen LogP contribution in [0.4, 0.5) is 16.4 Å². The molecule has 2 aromatic carbocycles. The van der Waals surface area contributed by atoms with Crippen molar-refractivity contribution in [1.29, 1.82) is 0 Å². The van der Waals surface area contributed by atoms with Crippen molar-refractivity contribution in [2.75, 3.05) is 56.6 Å². The third kappa shape index (κ3) is 7.93. The Morgan fingerprint density at radius 2 is 1.69 bits per heavy atom. The van der Waals surface area contributed by atoms with E-state index in [1.165, 1.54) is 0 Å². The highest BCUT2D eigenvalue weighted by Crippen LogP contribution is 2.15. The Morgan fingerprint density at radius 1 is 0.944 bits per heavy atom. The summed E-state index contributed by atoms with van der Waals surface area (Å²) < 4.78 is 11.0. The summed E-state index contributed by atoms with van der Waals surface area (Å²) in [4.78, 5) is 25.6. The van der Waals surface area contributed by atoms with Crippen LogP contribution >= 0.6 is 0 Å². The van der Waals surface area contributed by atoms with Gasteiger partial charge in [0.2, 0.25) is 5.95 Å². The first-order valence-electron chi connectivity index (χ1n) is 12.3. The van der Waals surface area contributed by atoms with Gasteiger partial charge in [0.25, 0.3) is 0 Å². The summed E-state index contributed by atoms with van der Waals surface area (Å²) in [7, 11) is 1.65. The highest BCUT2D eigenvalue weighted by Gasteiger charge is 2.18. The fourth-order valence-corrected chi connectivity index (χ4v) is 4.05. The summed E-state index contributed by atoms with van der Waals surface area (Å²) in [5.41, 5.74) is 2.83. The second-order valence-corrected chi connectivity index (χ2v) is 8.65. The van der Waals surface area contributed by atoms with Crippen LogP contribution in [0.5, 0.6) is 5.75 Å². The van der Waals surface area contributed by atoms with Crippen LogP contribution in [0.15, 0.2) is 67.0 Å². The molecular weight excluding hydrogens is 456 g/mol. The molecule has 0 bridgehead atoms. The van der Waals surface area contributed by atoms with Gasteiger partial charge in [-0.2, -0.15) is 0 Å². The Hall–Kier alpha value is -3.69. The van der Waals surface area contributed by atoms with E-state index in [2.05, 4.69) is 30.4 Å². The Morgan fingerprint density at radius 3 is 2.44 bits per heavy atom. The molecule has 0 radical (unpaired) electrons. The van der Waals surface area contributed by atoms with Crippen molar-refractivity contribution in [1.82, 2.24) is 20.2 Å². The number of hydrogen-bond acceptors (Lipinski definition) is 7. The maximum atomic E-state index is 12.3. The van der Waals surface area contributed by atoms with Crippen molar-refractivity contribution < 1.29 is 14.3 Å². The SMILES string of the molecule is COc1ccc(COCc2cccc(NC(=O)NCCCN3CCN(c4ncccn4)CC3)c2)cc1. The van der Waals surface area contributed by atoms with Crippen LogP contribution in [-0.4, -0.2) is 67.3 Å². The number of carbonyl (C=O) groups excluding carboxylic acids is 1. The average molecular weight is 491 g/mol. The normalized spacial score (nSPS) is 13.9. The van der Waals surface area contributed by atoms with Gasteiger partial charge in [-0.1, -0.05) is 24.3 Å². The number of benzene rings is 2. The van der Waals surface area contributed by atoms with Crippen LogP contribution in [0.2, 0.25) is 0 Å². The highest BCUT2D eigenvalue weighted by molar-refractivity contribution is 5.89. The van der Waals surface area contributed by atoms with Gasteiger partial charge in [-0.05, 0) is 54.4 Å². The molecule has 9 nitrogen and oxygen atoms in total. The maximum absolute atomic E-state index is 12.3. The molecule has 4 rings (SSSR count). The van der Waals surface area contributed by atoms with E-state index < -0.39 is 0 Å². The molecule has 0 unspecified atom stereocenters. The number of anilines is 2. The van der Waals surface area contributed by atoms with Crippen LogP contribution in [0.3, 0.4) is 0 Å². The zero-order chi connectivity index (χ0) is 25.0. The number of hydrogen-bond donors (Lipinski definition) is 2. The summed E-state index contributed by atoms with van der Waals surface area (Å²) in [5, 5.41) is 5.86. The van der Waals surface area contributed by atoms with Crippen molar-refractivity contribution >= 4 is 17.7 Å². The number of ether oxygens (including phenoxy) is 2. The van der Waals surface area contributed by atoms with E-state index in [1.807, 2.05) is 54.6 Å². The monoisotopic (exact) mass is 490 g/mol. The van der Waals surface area contributed by atoms with Gasteiger partial charge in [0.05, 0.1) is 20.3 Å². The zero-order valence-electron chi connectivity index (χ0n) is 20.7. The minimum Gasteiger partial charge on any atom is -0.497 e. The predicted octanol–water partition coefficient (Wildman–Crippen LogP) is 3.54. The Kier molecular flexibility index (Phi) is 9.46. The second-order valence-electron chi connectivity index (χ2n) is 8.65. The molecule has 0 spiro atoms. The zero-order valence-corrected chi connectivity index (χ0v) is 20.7. The first kappa shape index (κ1) is 25.4. The van der Waals surface area contributed by atoms with Gasteiger partial charge >= 0.3 is 6.03 Å². The number of methoxy groups -OCH3 is 1. The number of rotatable bonds is 11. The first-order chi connectivity index (χ1) is 17.7. The maximum Gasteiger partial charge on any atom is 0.319 e. The fraction of sp³-hybridized carbons (Fsp3) is 0.370. The number of amides is 2. The smallest absolute Gasteiger partial charge is 0.319 e. The number of carbonyl (C=O) groups is 1. The summed E-state index contributed by atoms with van der Waals surface area (Å²) >= 11 is 0. The van der Waals surface area contributed by atoms with Crippen LogP contribution < -0.4 is 20.3 Å². The van der Waals surface area contributed by atoms with Crippen molar-refractivity contribution in [3.05, 3.63) is 78.1 Å². The molecule has 1 aliphatic heterocycles. The predicted molar refractivity (Wildman–Crippen MR) is 140 cm³/mol. The third-order valence-electron chi connectivity index (χ3n) is 6.03. The van der Waals surface area contributed by atoms with Crippen molar-refractivity contribution in [2.24, 2.45) is 0 Å². The lowest BCUT2D eigenvalue weighted by Crippen LogP contribution is -2.47. The summed E-state index contributed by atoms with van der Waals surface area (Å²) in [6.45, 7) is 6.32. The quantitative estimate of drug-likeness (QED) is 0.397. The molecule has 0 saturated carbocycles. The Balaban J connectivity index is 1.10. The third-order valence-corrected chi connectivity index (χ3v) is 6.03. The molecular formula is C27H34N6O3. The van der Waals surface area contributed by atoms with Gasteiger partial charge < -0.3 is 25.0 Å². The van der Waals surface area contributed by atoms with Gasteiger partial charge in [0, 0.05) is 50.8 Å². The van der Waals surface area contributed by atoms with Crippen molar-refractivity contribution in [3.63, 3.8) is 0 Å². The van der Waals surface area contributed by atoms with Crippen LogP contribution in [0.25, 0.3) is 0 Å². The first-order valence-corrected chi connectivity index (χ1v) is 12.3. The highest BCUT2D eigenvalue weighted by atomic mass is 16.5. The lowest BCUT2D eigenvalue weighted by atomic mass is 10.2. The van der Waals surface area contributed by atoms with E-state index in [4.69, 9.17) is 9.47 Å². The lowest BCUT2D eigenvalue weighted by molar-refractivity contribution is 0.107. The van der Waals surface area contributed by atoms with Gasteiger partial charge in [0.15, 0.2) is 0 Å². The van der Waals surface area contributed by atoms with Crippen LogP contribution in [-0.2, 0) is 18.0 Å². The summed E-state index contributed by atoms with van der Waals surface area (Å²) in [5.74, 6) is 1.62. The number of nitrogens with zero attached hydrogens (tertiary/aromatic N) is 4. The molecule has 3 aromatic rings. The molecule has 2 N–H and O–H groups in total. The van der Waals surface area contributed by atoms with Gasteiger partial charge in [0.1, 0.15) is 5.75 Å². The Bertz CT molecular complexity index is 1070. The largest absolute Gasteiger partial charge is 0.497 e. The molecule has 0 aliphatic carbocycles. The second kappa shape index (κ2) is 13.4. The molecule has 2 amide bonds. The number of urea groups is 1. The van der Waals surface area contributed by atoms with E-state index >= 15 is 0 Å². The topological polar surface area (TPSA) is 91.9 Å². The molecule has 2 heterocycles. The molecule has 1 fully saturated rings. The number of piperazine rings is 1. The van der Waals surface area contributed by atoms with Crippen LogP contribution in [0.1, 0.15) is 17.5 Å². The number of nitrogens with one attached hydrogen (secondary N) is 2. The van der Waals surface area contributed by atoms with Crippen LogP contribution in [0, 0.1) is 0 Å². The van der Waals surface area contributed by atoms with Crippen molar-refractivity contribution in [2.45, 2.75) is 19.6 Å². The van der Waals surface area contributed by atoms with E-state index in [1.54, 1.807) is 19.5 Å². The number of aromatic nitrogens is 2. The van der Waals surface area contributed by atoms with E-state index in [-0.39, 0.29) is 6.03 Å². The molecule has 1 aliphatic rings. The minimum absolute atomic E-state index is 0.197. The fourth-order valence-electron chi connectivity index (χ4n) is 4.05. The van der Waals surface area contributed by atoms with Gasteiger partial charge in [-0.15, -0.1) is 0 Å². The van der Waals surface area contributed by atoms with E-state index in [0.29, 0.717) is 19.8 Å². The molecule has 1 aromatic heterocycles. The Labute approximate surface area is 212 Å². The van der Waals surface area contributed by atoms with Gasteiger partial charge in [-0.3, -0.25) is 4.90 Å². The minimum atomic E-state index is -0.197. The molecule has 190 valence electrons. The van der Waals surface area contributed by atoms with Gasteiger partial charge in [-0.25, -0.2) is 14.8 Å². The van der Waals surface area contributed by atoms with E-state index in [0.717, 1.165) is 67.7 Å². The summed E-state index contributed by atoms with van der Waals surface area (Å²) in [6, 6.07) is 17.2. The molecule has 1 saturated heterocycles. The molecule has 36 heavy (non-hydrogen) atoms. The molecule has 9 heteroatoms. The van der Waals surface area contributed by atoms with E-state index in [9.17, 15) is 4.79 Å². The standard InChI is InChI=1S/C27H34N6O3/c1-35-25-9-7-22(8-10-25)20-36-21-23-5-2-6-24(19-23)31-27(34)30-13-4-14-32-15-17-33(18-16-32)26-28-11-3-12-29-26/h2-3,5-12,19H,4,13-18,20-21H2,1H3,(H2,30,31,34). The van der Waals surface area contributed by atoms with Crippen molar-refractivity contribution in [3.8, 4) is 5.75 Å². The summed E-state index contributed by atoms with van der Waals surface area (Å²) in [6.07, 6.45) is 4.45. The molecule has 0 atom stereocenters.